The molecule has 0 aliphatic heterocycles. The van der Waals surface area contributed by atoms with Crippen molar-refractivity contribution in [1.29, 1.82) is 0 Å². The van der Waals surface area contributed by atoms with Gasteiger partial charge in [0.1, 0.15) is 0 Å². The second-order valence-electron chi connectivity index (χ2n) is 8.50. The molecule has 0 saturated heterocycles. The summed E-state index contributed by atoms with van der Waals surface area (Å²) in [6.07, 6.45) is 0. The minimum Gasteiger partial charge on any atom is -0.177 e. The van der Waals surface area contributed by atoms with Crippen molar-refractivity contribution in [1.82, 2.24) is 0 Å². The zero-order valence-electron chi connectivity index (χ0n) is 21.6. The van der Waals surface area contributed by atoms with Gasteiger partial charge in [-0.15, -0.1) is 0 Å². The molecule has 0 bridgehead atoms. The molecule has 0 saturated carbocycles. The van der Waals surface area contributed by atoms with Gasteiger partial charge >= 0.3 is 0 Å². The molecule has 0 heterocycles. The van der Waals surface area contributed by atoms with Crippen LogP contribution in [0.25, 0.3) is 0 Å². The van der Waals surface area contributed by atoms with Gasteiger partial charge in [0.15, 0.2) is 0 Å². The van der Waals surface area contributed by atoms with E-state index < -0.39 is 0 Å². The molecule has 0 nitrogen and oxygen atoms in total. The van der Waals surface area contributed by atoms with E-state index in [1.165, 1.54) is 61.2 Å². The quantitative estimate of drug-likeness (QED) is 0.239. The van der Waals surface area contributed by atoms with Crippen LogP contribution in [0.4, 0.5) is 0 Å². The summed E-state index contributed by atoms with van der Waals surface area (Å²) in [6.45, 7) is 23.5. The number of aryl methyl sites for hydroxylation is 9. The van der Waals surface area contributed by atoms with Crippen molar-refractivity contribution in [3.63, 3.8) is 0 Å². The van der Waals surface area contributed by atoms with Crippen molar-refractivity contribution in [3.8, 4) is 0 Å². The number of hydrogen-bond donors (Lipinski definition) is 0. The van der Waals surface area contributed by atoms with Gasteiger partial charge in [-0.25, -0.2) is 0 Å². The van der Waals surface area contributed by atoms with E-state index >= 15 is 0 Å². The summed E-state index contributed by atoms with van der Waals surface area (Å²) >= 11 is 0. The minimum atomic E-state index is 0. The van der Waals surface area contributed by atoms with Crippen LogP contribution >= 0.6 is 0 Å². The SMILES string of the molecule is Cc1[c-]c(C)c(C)cc1.Cc1cc(C)c(C)c(C)c1.Cc1cc(C)c(C)c(C)c1.[HH].[Y].[Y]. The van der Waals surface area contributed by atoms with Gasteiger partial charge in [0.25, 0.3) is 0 Å². The van der Waals surface area contributed by atoms with E-state index in [4.69, 9.17) is 0 Å². The van der Waals surface area contributed by atoms with Crippen LogP contribution in [0.5, 0.6) is 0 Å². The second-order valence-corrected chi connectivity index (χ2v) is 8.50. The molecule has 2 heteroatoms. The van der Waals surface area contributed by atoms with Gasteiger partial charge in [-0.05, 0) is 88.8 Å². The first-order chi connectivity index (χ1) is 13.4. The van der Waals surface area contributed by atoms with E-state index in [0.717, 1.165) is 0 Å². The molecular weight excluding hydrogens is 526 g/mol. The summed E-state index contributed by atoms with van der Waals surface area (Å²) in [4.78, 5) is 0. The largest absolute Gasteiger partial charge is 0.177 e. The number of benzene rings is 3. The summed E-state index contributed by atoms with van der Waals surface area (Å²) in [5.74, 6) is 0. The van der Waals surface area contributed by atoms with E-state index in [0.29, 0.717) is 0 Å². The van der Waals surface area contributed by atoms with Gasteiger partial charge < -0.3 is 0 Å². The molecule has 0 unspecified atom stereocenters. The van der Waals surface area contributed by atoms with Crippen LogP contribution in [-0.4, -0.2) is 0 Å². The molecule has 3 aromatic carbocycles. The maximum absolute atomic E-state index is 3.24. The van der Waals surface area contributed by atoms with Gasteiger partial charge in [-0.3, -0.25) is 0 Å². The van der Waals surface area contributed by atoms with E-state index in [1.54, 1.807) is 0 Å². The van der Waals surface area contributed by atoms with Gasteiger partial charge in [0, 0.05) is 66.8 Å². The third-order valence-corrected chi connectivity index (χ3v) is 5.70. The molecule has 3 aromatic rings. The first-order valence-electron chi connectivity index (χ1n) is 10.5. The molecule has 0 N–H and O–H groups in total. The summed E-state index contributed by atoms with van der Waals surface area (Å²) in [7, 11) is 0. The predicted molar refractivity (Wildman–Crippen MR) is 132 cm³/mol. The Labute approximate surface area is 244 Å². The Morgan fingerprint density at radius 3 is 1.06 bits per heavy atom. The van der Waals surface area contributed by atoms with Gasteiger partial charge in [0.2, 0.25) is 0 Å². The van der Waals surface area contributed by atoms with E-state index in [9.17, 15) is 0 Å². The third-order valence-electron chi connectivity index (χ3n) is 5.70. The first-order valence-corrected chi connectivity index (χ1v) is 10.5. The number of hydrogen-bond acceptors (Lipinski definition) is 0. The molecule has 0 aliphatic rings. The van der Waals surface area contributed by atoms with Crippen LogP contribution in [0, 0.1) is 82.2 Å². The Morgan fingerprint density at radius 1 is 0.484 bits per heavy atom. The van der Waals surface area contributed by atoms with Crippen molar-refractivity contribution >= 4 is 0 Å². The van der Waals surface area contributed by atoms with Crippen LogP contribution < -0.4 is 0 Å². The predicted octanol–water partition coefficient (Wildman–Crippen LogP) is 8.49. The number of rotatable bonds is 0. The molecule has 164 valence electrons. The maximum Gasteiger partial charge on any atom is 0 e. The zero-order valence-corrected chi connectivity index (χ0v) is 27.3. The normalized spacial score (nSPS) is 9.26. The van der Waals surface area contributed by atoms with Crippen molar-refractivity contribution in [2.75, 3.05) is 0 Å². The monoisotopic (exact) mass is 567 g/mol. The fourth-order valence-electron chi connectivity index (χ4n) is 3.32. The van der Waals surface area contributed by atoms with Crippen molar-refractivity contribution in [2.45, 2.75) is 76.2 Å². The van der Waals surface area contributed by atoms with Crippen LogP contribution in [0.15, 0.2) is 36.4 Å². The van der Waals surface area contributed by atoms with E-state index in [1.807, 2.05) is 0 Å². The first kappa shape index (κ1) is 33.0. The Morgan fingerprint density at radius 2 is 0.806 bits per heavy atom. The van der Waals surface area contributed by atoms with Gasteiger partial charge in [-0.2, -0.15) is 34.9 Å². The topological polar surface area (TPSA) is 0 Å². The fourth-order valence-corrected chi connectivity index (χ4v) is 3.32. The van der Waals surface area contributed by atoms with E-state index in [-0.39, 0.29) is 66.8 Å². The second kappa shape index (κ2) is 15.7. The van der Waals surface area contributed by atoms with Gasteiger partial charge in [-0.1, -0.05) is 56.2 Å². The molecule has 3 rings (SSSR count). The molecule has 0 aromatic heterocycles. The fraction of sp³-hybridized carbons (Fsp3) is 0.379. The van der Waals surface area contributed by atoms with Crippen LogP contribution in [0.1, 0.15) is 62.6 Å². The summed E-state index contributed by atoms with van der Waals surface area (Å²) < 4.78 is 0. The average molecular weight is 567 g/mol. The van der Waals surface area contributed by atoms with Gasteiger partial charge in [0.05, 0.1) is 0 Å². The Bertz CT molecular complexity index is 873. The molecule has 0 spiro atoms. The van der Waals surface area contributed by atoms with Crippen LogP contribution in [0.2, 0.25) is 0 Å². The van der Waals surface area contributed by atoms with Crippen molar-refractivity contribution in [2.24, 2.45) is 0 Å². The third kappa shape index (κ3) is 11.5. The van der Waals surface area contributed by atoms with Crippen LogP contribution in [-0.2, 0) is 65.4 Å². The molecule has 0 amide bonds. The average Bonchev–Trinajstić information content (AvgIpc) is 2.62. The Kier molecular flexibility index (Phi) is 16.7. The van der Waals surface area contributed by atoms with Crippen molar-refractivity contribution < 1.29 is 66.8 Å². The maximum atomic E-state index is 3.24. The van der Waals surface area contributed by atoms with E-state index in [2.05, 4.69) is 119 Å². The summed E-state index contributed by atoms with van der Waals surface area (Å²) in [5.41, 5.74) is 15.0. The molecular formula is C29H41Y2-. The summed E-state index contributed by atoms with van der Waals surface area (Å²) in [5, 5.41) is 0. The Hall–Kier alpha value is -0.132. The minimum absolute atomic E-state index is 0. The molecule has 2 radical (unpaired) electrons. The molecule has 0 atom stereocenters. The van der Waals surface area contributed by atoms with Crippen molar-refractivity contribution in [3.05, 3.63) is 104 Å². The summed E-state index contributed by atoms with van der Waals surface area (Å²) in [6, 6.07) is 16.3. The smallest absolute Gasteiger partial charge is 0 e. The zero-order chi connectivity index (χ0) is 22.3. The Balaban J connectivity index is -0.000000377. The standard InChI is InChI=1S/2C10H14.C9H11.2Y.H2/c2*1-7-5-8(2)10(4)9(3)6-7;1-7-4-5-8(2)9(3)6-7;;;/h2*5-6H,1-4H3;4-5H,1-3H3;;;1H/q;;-1;;;. The molecule has 31 heavy (non-hydrogen) atoms. The molecule has 0 fully saturated rings. The van der Waals surface area contributed by atoms with Crippen LogP contribution in [0.3, 0.4) is 0 Å². The molecule has 0 aliphatic carbocycles.